The summed E-state index contributed by atoms with van der Waals surface area (Å²) in [6.07, 6.45) is 2.33. The summed E-state index contributed by atoms with van der Waals surface area (Å²) in [6.45, 7) is 2.28. The lowest BCUT2D eigenvalue weighted by atomic mass is 10.0. The first-order chi connectivity index (χ1) is 9.60. The fraction of sp³-hybridized carbons (Fsp3) is 0.533. The van der Waals surface area contributed by atoms with Gasteiger partial charge in [-0.05, 0) is 69.5 Å². The summed E-state index contributed by atoms with van der Waals surface area (Å²) in [5, 5.41) is 4.07. The van der Waals surface area contributed by atoms with E-state index < -0.39 is 0 Å². The third-order valence-corrected chi connectivity index (χ3v) is 4.29. The van der Waals surface area contributed by atoms with E-state index in [9.17, 15) is 0 Å². The monoisotopic (exact) mass is 293 g/mol. The van der Waals surface area contributed by atoms with E-state index in [1.54, 1.807) is 7.11 Å². The summed E-state index contributed by atoms with van der Waals surface area (Å²) < 4.78 is 5.15. The second-order valence-corrected chi connectivity index (χ2v) is 5.69. The molecule has 0 aromatic heterocycles. The van der Waals surface area contributed by atoms with Gasteiger partial charge in [0.1, 0.15) is 5.75 Å². The molecule has 1 aliphatic heterocycles. The van der Waals surface area contributed by atoms with Crippen molar-refractivity contribution >= 4 is 23.0 Å². The molecule has 5 heteroatoms. The van der Waals surface area contributed by atoms with Gasteiger partial charge in [0, 0.05) is 18.8 Å². The summed E-state index contributed by atoms with van der Waals surface area (Å²) in [4.78, 5) is 4.55. The number of hydrogen-bond acceptors (Lipinski definition) is 3. The average molecular weight is 293 g/mol. The summed E-state index contributed by atoms with van der Waals surface area (Å²) in [5.74, 6) is 0.852. The Hall–Kier alpha value is -1.33. The highest BCUT2D eigenvalue weighted by Gasteiger charge is 2.22. The van der Waals surface area contributed by atoms with Gasteiger partial charge in [0.2, 0.25) is 0 Å². The van der Waals surface area contributed by atoms with Crippen LogP contribution in [0.1, 0.15) is 12.8 Å². The van der Waals surface area contributed by atoms with Crippen LogP contribution in [0.25, 0.3) is 0 Å². The largest absolute Gasteiger partial charge is 0.497 e. The molecule has 0 unspecified atom stereocenters. The van der Waals surface area contributed by atoms with Gasteiger partial charge in [0.05, 0.1) is 7.11 Å². The maximum Gasteiger partial charge on any atom is 0.173 e. The maximum atomic E-state index is 5.50. The molecule has 4 nitrogen and oxygen atoms in total. The van der Waals surface area contributed by atoms with Gasteiger partial charge in [-0.1, -0.05) is 0 Å². The fourth-order valence-corrected chi connectivity index (χ4v) is 2.70. The topological polar surface area (TPSA) is 27.7 Å². The van der Waals surface area contributed by atoms with Gasteiger partial charge in [-0.15, -0.1) is 0 Å². The lowest BCUT2D eigenvalue weighted by molar-refractivity contribution is 0.193. The van der Waals surface area contributed by atoms with Crippen molar-refractivity contribution < 1.29 is 4.74 Å². The molecule has 0 spiro atoms. The second-order valence-electron chi connectivity index (χ2n) is 5.30. The Morgan fingerprint density at radius 3 is 2.45 bits per heavy atom. The van der Waals surface area contributed by atoms with Crippen LogP contribution >= 0.6 is 12.2 Å². The Morgan fingerprint density at radius 1 is 1.30 bits per heavy atom. The van der Waals surface area contributed by atoms with E-state index in [1.165, 1.54) is 0 Å². The van der Waals surface area contributed by atoms with E-state index in [1.807, 2.05) is 24.3 Å². The van der Waals surface area contributed by atoms with E-state index in [0.717, 1.165) is 42.5 Å². The number of anilines is 1. The molecule has 0 atom stereocenters. The molecule has 110 valence electrons. The van der Waals surface area contributed by atoms with E-state index in [-0.39, 0.29) is 0 Å². The predicted octanol–water partition coefficient (Wildman–Crippen LogP) is 2.42. The number of nitrogens with one attached hydrogen (secondary N) is 1. The molecule has 1 saturated heterocycles. The van der Waals surface area contributed by atoms with Gasteiger partial charge in [-0.25, -0.2) is 0 Å². The highest BCUT2D eigenvalue weighted by Crippen LogP contribution is 2.18. The molecule has 0 radical (unpaired) electrons. The summed E-state index contributed by atoms with van der Waals surface area (Å²) >= 11 is 5.50. The van der Waals surface area contributed by atoms with E-state index in [2.05, 4.69) is 29.2 Å². The smallest absolute Gasteiger partial charge is 0.173 e. The van der Waals surface area contributed by atoms with Gasteiger partial charge < -0.3 is 19.9 Å². The predicted molar refractivity (Wildman–Crippen MR) is 87.5 cm³/mol. The maximum absolute atomic E-state index is 5.50. The van der Waals surface area contributed by atoms with Crippen LogP contribution in [0.5, 0.6) is 5.75 Å². The Balaban J connectivity index is 1.89. The third kappa shape index (κ3) is 3.84. The van der Waals surface area contributed by atoms with Gasteiger partial charge in [0.25, 0.3) is 0 Å². The Labute approximate surface area is 126 Å². The number of ether oxygens (including phenoxy) is 1. The molecular weight excluding hydrogens is 270 g/mol. The van der Waals surface area contributed by atoms with Crippen molar-refractivity contribution in [1.29, 1.82) is 0 Å². The molecule has 1 aromatic rings. The van der Waals surface area contributed by atoms with Crippen LogP contribution < -0.4 is 10.1 Å². The first kappa shape index (κ1) is 15.1. The molecule has 20 heavy (non-hydrogen) atoms. The molecule has 0 bridgehead atoms. The van der Waals surface area contributed by atoms with Gasteiger partial charge in [0.15, 0.2) is 5.11 Å². The zero-order valence-electron chi connectivity index (χ0n) is 12.4. The molecule has 0 aliphatic carbocycles. The lowest BCUT2D eigenvalue weighted by Crippen LogP contribution is -2.45. The van der Waals surface area contributed by atoms with Crippen LogP contribution in [0.15, 0.2) is 24.3 Å². The SMILES string of the molecule is COc1ccc(NC(=S)N(C)C2CCN(C)CC2)cc1. The summed E-state index contributed by atoms with van der Waals surface area (Å²) in [7, 11) is 5.92. The fourth-order valence-electron chi connectivity index (χ4n) is 2.43. The number of thiocarbonyl (C=S) groups is 1. The normalized spacial score (nSPS) is 16.8. The number of benzene rings is 1. The van der Waals surface area contributed by atoms with Gasteiger partial charge in [-0.3, -0.25) is 0 Å². The van der Waals surface area contributed by atoms with Crippen molar-refractivity contribution in [2.45, 2.75) is 18.9 Å². The van der Waals surface area contributed by atoms with Crippen molar-refractivity contribution in [2.24, 2.45) is 0 Å². The van der Waals surface area contributed by atoms with Crippen LogP contribution in [-0.2, 0) is 0 Å². The molecular formula is C15H23N3OS. The summed E-state index contributed by atoms with van der Waals surface area (Å²) in [6, 6.07) is 8.35. The number of methoxy groups -OCH3 is 1. The van der Waals surface area contributed by atoms with Crippen molar-refractivity contribution in [3.63, 3.8) is 0 Å². The van der Waals surface area contributed by atoms with Crippen LogP contribution in [0.4, 0.5) is 5.69 Å². The van der Waals surface area contributed by atoms with E-state index >= 15 is 0 Å². The minimum atomic E-state index is 0.532. The molecule has 1 heterocycles. The summed E-state index contributed by atoms with van der Waals surface area (Å²) in [5.41, 5.74) is 0.996. The van der Waals surface area contributed by atoms with Crippen LogP contribution in [0, 0.1) is 0 Å². The molecule has 1 N–H and O–H groups in total. The minimum Gasteiger partial charge on any atom is -0.497 e. The second kappa shape index (κ2) is 6.90. The average Bonchev–Trinajstić information content (AvgIpc) is 2.48. The van der Waals surface area contributed by atoms with Crippen LogP contribution in [0.3, 0.4) is 0 Å². The molecule has 1 aliphatic rings. The van der Waals surface area contributed by atoms with E-state index in [4.69, 9.17) is 17.0 Å². The van der Waals surface area contributed by atoms with Crippen molar-refractivity contribution in [1.82, 2.24) is 9.80 Å². The Morgan fingerprint density at radius 2 is 1.90 bits per heavy atom. The molecule has 2 rings (SSSR count). The van der Waals surface area contributed by atoms with Gasteiger partial charge in [-0.2, -0.15) is 0 Å². The van der Waals surface area contributed by atoms with Crippen LogP contribution in [0.2, 0.25) is 0 Å². The number of piperidine rings is 1. The zero-order chi connectivity index (χ0) is 14.5. The minimum absolute atomic E-state index is 0.532. The lowest BCUT2D eigenvalue weighted by Gasteiger charge is -2.36. The van der Waals surface area contributed by atoms with Crippen molar-refractivity contribution in [3.8, 4) is 5.75 Å². The van der Waals surface area contributed by atoms with Gasteiger partial charge >= 0.3 is 0 Å². The quantitative estimate of drug-likeness (QED) is 0.864. The first-order valence-electron chi connectivity index (χ1n) is 6.96. The third-order valence-electron chi connectivity index (χ3n) is 3.90. The van der Waals surface area contributed by atoms with Crippen molar-refractivity contribution in [3.05, 3.63) is 24.3 Å². The number of rotatable bonds is 3. The van der Waals surface area contributed by atoms with Crippen molar-refractivity contribution in [2.75, 3.05) is 39.6 Å². The highest BCUT2D eigenvalue weighted by atomic mass is 32.1. The number of nitrogens with zero attached hydrogens (tertiary/aromatic N) is 2. The Kier molecular flexibility index (Phi) is 5.20. The molecule has 1 fully saturated rings. The zero-order valence-corrected chi connectivity index (χ0v) is 13.2. The van der Waals surface area contributed by atoms with Crippen LogP contribution in [-0.4, -0.2) is 55.2 Å². The standard InChI is InChI=1S/C15H23N3OS/c1-17-10-8-13(9-11-17)18(2)15(20)16-12-4-6-14(19-3)7-5-12/h4-7,13H,8-11H2,1-3H3,(H,16,20). The molecule has 0 amide bonds. The number of likely N-dealkylation sites (tertiary alicyclic amines) is 1. The first-order valence-corrected chi connectivity index (χ1v) is 7.37. The highest BCUT2D eigenvalue weighted by molar-refractivity contribution is 7.80. The molecule has 1 aromatic carbocycles. The Bertz CT molecular complexity index is 441. The number of hydrogen-bond donors (Lipinski definition) is 1. The van der Waals surface area contributed by atoms with E-state index in [0.29, 0.717) is 6.04 Å². The molecule has 0 saturated carbocycles.